The van der Waals surface area contributed by atoms with Gasteiger partial charge in [0.25, 0.3) is 0 Å². The van der Waals surface area contributed by atoms with Crippen LogP contribution in [0.5, 0.6) is 5.75 Å². The normalized spacial score (nSPS) is 24.3. The van der Waals surface area contributed by atoms with Crippen LogP contribution in [0.25, 0.3) is 21.8 Å². The number of carboxylic acids is 1. The second-order valence-corrected chi connectivity index (χ2v) is 35.4. The maximum absolute atomic E-state index is 15.6. The molecule has 43 nitrogen and oxygen atoms in total. The fourth-order valence-corrected chi connectivity index (χ4v) is 17.2. The number of amides is 17. The number of nitrogens with one attached hydrogen (secondary N) is 13. The van der Waals surface area contributed by atoms with E-state index in [1.807, 2.05) is 0 Å². The highest BCUT2D eigenvalue weighted by molar-refractivity contribution is 8.00. The lowest BCUT2D eigenvalue weighted by atomic mass is 10.0. The minimum atomic E-state index is -5.00. The molecule has 3 saturated heterocycles. The molecule has 3 aliphatic heterocycles. The number of hydrogen-bond acceptors (Lipinski definition) is 23. The van der Waals surface area contributed by atoms with Crippen molar-refractivity contribution in [2.24, 2.45) is 23.1 Å². The van der Waals surface area contributed by atoms with Gasteiger partial charge < -0.3 is 125 Å². The summed E-state index contributed by atoms with van der Waals surface area (Å²) in [5, 5.41) is 58.3. The maximum atomic E-state index is 15.6. The summed E-state index contributed by atoms with van der Waals surface area (Å²) in [6, 6.07) is -3.11. The second kappa shape index (κ2) is 49.5. The predicted molar refractivity (Wildman–Crippen MR) is 485 cm³/mol. The van der Waals surface area contributed by atoms with Crippen molar-refractivity contribution < 1.29 is 115 Å². The number of carbonyl (C=O) groups is 18. The van der Waals surface area contributed by atoms with Gasteiger partial charge in [-0.2, -0.15) is 13.2 Å². The SMILES string of the molecule is CCCC[C@H]1C(=O)N[C@@H](CC(C)C)C(=O)N[C@H](C(=O)NCC(N)=O)CSCC(=O)N[C@@H](Cc2ccc(O)cc2)C(=O)N(C)[C@@H](C)C(=O)N[C@@H](CC(N)=O)C(=O)N2CCC[C@H]2C(=O)N[C@@H](Cc2cnc[nH]2)C(=O)N[C@@H](CCC(=O)O)C(=O)N2C[C@H](O)C[C@H]2C(=O)N[C@@H](Cc2c[nH]c3ccccc23)C(=O)N[C@@H](CCN)C(=O)N[C@@H](Cc2c[nH]c3ccccc23)C(=O)N(CCC(F)(F)F)CC(=O)N1C. The number of unbranched alkanes of at least 4 members (excludes halogenated alkanes) is 1. The van der Waals surface area contributed by atoms with Crippen molar-refractivity contribution in [1.82, 2.24) is 97.6 Å². The Bertz CT molecular complexity index is 5290. The quantitative estimate of drug-likeness (QED) is 0.0289. The van der Waals surface area contributed by atoms with Gasteiger partial charge in [-0.15, -0.1) is 11.8 Å². The molecule has 17 amide bonds. The van der Waals surface area contributed by atoms with Crippen LogP contribution in [0.1, 0.15) is 127 Å². The standard InChI is InChI=1S/C89H119F3N22O21S/c1-7-8-18-68-82(129)104-61(31-47(2)3)79(126)109-67(77(124)99-41-72(95)118)44-136-45-73(119)101-64(32-49-20-22-53(115)23-21-49)85(132)110(5)48(4)76(123)107-66(37-71(94)117)88(135)113-29-13-19-69(113)83(130)106-63(35-52-40-96-46-100-52)81(128)103-60(24-25-75(121)122)87(134)114-42-54(116)36-70(114)84(131)105-62(33-50-38-97-57-16-11-9-14-55(50)57)80(127)102-59(26-28-93)78(125)108-65(34-51-39-98-58-17-12-10-15-56(51)58)86(133)112(30-27-89(90,91)92)43-74(120)111(68)6/h9-12,14-17,20-23,38-40,46-48,54,59-70,97-98,115-116H,7-8,13,18-19,24-37,41-45,93H2,1-6H3,(H2,94,117)(H2,95,118)(H,96,100)(H,99,124)(H,101,119)(H,102,127)(H,103,128)(H,104,129)(H,105,131)(H,106,130)(H,107,123)(H,108,125)(H,109,126)(H,121,122)/t48-,54+,59-,60-,61-,62-,63-,64-,65-,66-,67-,68-,69-,70-/m0/s1. The molecule has 0 spiro atoms. The number of thioether (sulfide) groups is 1. The van der Waals surface area contributed by atoms with Crippen molar-refractivity contribution in [3.05, 3.63) is 120 Å². The Hall–Kier alpha value is -13.7. The predicted octanol–water partition coefficient (Wildman–Crippen LogP) is -2.21. The third-order valence-corrected chi connectivity index (χ3v) is 24.7. The van der Waals surface area contributed by atoms with Crippen LogP contribution in [0.2, 0.25) is 0 Å². The van der Waals surface area contributed by atoms with E-state index >= 15 is 33.6 Å². The number of alkyl halides is 3. The molecule has 0 bridgehead atoms. The number of H-pyrrole nitrogens is 3. The van der Waals surface area contributed by atoms with Crippen LogP contribution in [0.15, 0.2) is 97.7 Å². The van der Waals surface area contributed by atoms with Crippen LogP contribution in [0.3, 0.4) is 0 Å². The van der Waals surface area contributed by atoms with Gasteiger partial charge in [0.15, 0.2) is 0 Å². The summed E-state index contributed by atoms with van der Waals surface area (Å²) in [5.74, 6) is -21.3. The largest absolute Gasteiger partial charge is 0.508 e. The number of aliphatic hydroxyl groups excluding tert-OH is 1. The van der Waals surface area contributed by atoms with Crippen LogP contribution >= 0.6 is 11.8 Å². The first-order chi connectivity index (χ1) is 64.5. The number of primary amides is 2. The van der Waals surface area contributed by atoms with E-state index in [1.165, 1.54) is 63.2 Å². The number of nitrogens with two attached hydrogens (primary N) is 3. The Kier molecular flexibility index (Phi) is 38.6. The molecule has 6 aromatic rings. The molecule has 738 valence electrons. The number of hydrogen-bond donors (Lipinski definition) is 19. The summed E-state index contributed by atoms with van der Waals surface area (Å²) in [7, 11) is 2.32. The number of aliphatic hydroxyl groups is 1. The average molecular weight is 1920 g/mol. The summed E-state index contributed by atoms with van der Waals surface area (Å²) in [6.45, 7) is 1.96. The lowest BCUT2D eigenvalue weighted by molar-refractivity contribution is -0.153. The molecule has 136 heavy (non-hydrogen) atoms. The molecule has 47 heteroatoms. The van der Waals surface area contributed by atoms with Crippen LogP contribution in [0, 0.1) is 5.92 Å². The molecule has 3 aromatic heterocycles. The number of aliphatic carboxylic acids is 1. The van der Waals surface area contributed by atoms with E-state index in [0.717, 1.165) is 38.4 Å². The molecular formula is C89H119F3N22O21S. The van der Waals surface area contributed by atoms with Crippen molar-refractivity contribution in [2.75, 3.05) is 64.9 Å². The van der Waals surface area contributed by atoms with Crippen molar-refractivity contribution in [2.45, 2.75) is 221 Å². The molecule has 14 atom stereocenters. The number of carboxylic acid groups (broad SMARTS) is 1. The van der Waals surface area contributed by atoms with Crippen LogP contribution in [0.4, 0.5) is 13.2 Å². The highest BCUT2D eigenvalue weighted by atomic mass is 32.2. The number of likely N-dealkylation sites (N-methyl/N-ethyl adjacent to an activating group) is 2. The van der Waals surface area contributed by atoms with E-state index in [1.54, 1.807) is 69.3 Å². The van der Waals surface area contributed by atoms with E-state index in [2.05, 4.69) is 73.1 Å². The number of benzene rings is 3. The number of phenolic OH excluding ortho intramolecular Hbond substituents is 1. The Morgan fingerprint density at radius 1 is 0.610 bits per heavy atom. The van der Waals surface area contributed by atoms with Crippen LogP contribution < -0.4 is 70.4 Å². The average Bonchev–Trinajstić information content (AvgIpc) is 1.57. The Morgan fingerprint density at radius 3 is 1.77 bits per heavy atom. The smallest absolute Gasteiger partial charge is 0.390 e. The Morgan fingerprint density at radius 2 is 1.18 bits per heavy atom. The van der Waals surface area contributed by atoms with Crippen LogP contribution in [-0.4, -0.2) is 322 Å². The molecule has 3 aromatic carbocycles. The highest BCUT2D eigenvalue weighted by Crippen LogP contribution is 2.29. The van der Waals surface area contributed by atoms with Crippen molar-refractivity contribution in [3.63, 3.8) is 0 Å². The van der Waals surface area contributed by atoms with Gasteiger partial charge in [0, 0.05) is 124 Å². The van der Waals surface area contributed by atoms with E-state index in [9.17, 15) is 81.2 Å². The molecule has 9 rings (SSSR count). The number of fused-ring (bicyclic) bond motifs is 4. The molecule has 22 N–H and O–H groups in total. The molecule has 3 fully saturated rings. The van der Waals surface area contributed by atoms with Crippen molar-refractivity contribution in [1.29, 1.82) is 0 Å². The lowest BCUT2D eigenvalue weighted by Gasteiger charge is -2.33. The number of aromatic nitrogens is 4. The zero-order valence-electron chi connectivity index (χ0n) is 76.0. The number of halogens is 3. The summed E-state index contributed by atoms with van der Waals surface area (Å²) in [5.41, 5.74) is 19.6. The third-order valence-electron chi connectivity index (χ3n) is 23.7. The van der Waals surface area contributed by atoms with Gasteiger partial charge in [0.1, 0.15) is 84.3 Å². The molecule has 0 unspecified atom stereocenters. The number of aromatic hydroxyl groups is 1. The molecule has 6 heterocycles. The van der Waals surface area contributed by atoms with E-state index < -0.39 is 299 Å². The highest BCUT2D eigenvalue weighted by Gasteiger charge is 2.47. The van der Waals surface area contributed by atoms with Gasteiger partial charge in [0.2, 0.25) is 100 Å². The first-order valence-corrected chi connectivity index (χ1v) is 45.8. The maximum Gasteiger partial charge on any atom is 0.390 e. The summed E-state index contributed by atoms with van der Waals surface area (Å²) in [4.78, 5) is 278. The van der Waals surface area contributed by atoms with E-state index in [-0.39, 0.29) is 63.1 Å². The van der Waals surface area contributed by atoms with E-state index in [0.29, 0.717) is 49.8 Å². The zero-order chi connectivity index (χ0) is 99.5. The van der Waals surface area contributed by atoms with Crippen molar-refractivity contribution >= 4 is 140 Å². The molecule has 0 radical (unpaired) electrons. The van der Waals surface area contributed by atoms with Gasteiger partial charge in [0.05, 0.1) is 44.1 Å². The molecular weight excluding hydrogens is 1800 g/mol. The lowest BCUT2D eigenvalue weighted by Crippen LogP contribution is -2.61. The number of aromatic amines is 3. The van der Waals surface area contributed by atoms with Gasteiger partial charge in [-0.1, -0.05) is 82.1 Å². The van der Waals surface area contributed by atoms with Crippen LogP contribution in [-0.2, 0) is 112 Å². The van der Waals surface area contributed by atoms with E-state index in [4.69, 9.17) is 17.2 Å². The monoisotopic (exact) mass is 1920 g/mol. The summed E-state index contributed by atoms with van der Waals surface area (Å²) in [6.07, 6.45) is -7.41. The Balaban J connectivity index is 1.11. The fourth-order valence-electron chi connectivity index (χ4n) is 16.3. The van der Waals surface area contributed by atoms with Crippen molar-refractivity contribution in [3.8, 4) is 5.75 Å². The summed E-state index contributed by atoms with van der Waals surface area (Å²) < 4.78 is 44.1. The van der Waals surface area contributed by atoms with Gasteiger partial charge in [-0.3, -0.25) is 86.3 Å². The summed E-state index contributed by atoms with van der Waals surface area (Å²) >= 11 is 0.724. The first-order valence-electron chi connectivity index (χ1n) is 44.6. The third kappa shape index (κ3) is 30.1. The second-order valence-electron chi connectivity index (χ2n) is 34.4. The first kappa shape index (κ1) is 106. The Labute approximate surface area is 783 Å². The number of para-hydroxylation sites is 2. The fraction of sp³-hybridized carbons (Fsp3) is 0.517. The number of imidazole rings is 1. The number of nitrogens with zero attached hydrogens (tertiary/aromatic N) is 6. The zero-order valence-corrected chi connectivity index (χ0v) is 76.8. The molecule has 0 aliphatic carbocycles. The molecule has 0 saturated carbocycles. The number of phenols is 1. The minimum Gasteiger partial charge on any atom is -0.508 e. The topological polar surface area (TPSA) is 643 Å². The number of rotatable bonds is 25. The van der Waals surface area contributed by atoms with Gasteiger partial charge in [-0.05, 0) is 98.9 Å². The molecule has 3 aliphatic rings. The number of carbonyl (C=O) groups excluding carboxylic acids is 17. The van der Waals surface area contributed by atoms with Gasteiger partial charge >= 0.3 is 12.1 Å². The van der Waals surface area contributed by atoms with Gasteiger partial charge in [-0.25, -0.2) is 4.98 Å². The minimum absolute atomic E-state index is 0.0954.